The zero-order valence-corrected chi connectivity index (χ0v) is 16.8. The van der Waals surface area contributed by atoms with Crippen molar-refractivity contribution in [1.82, 2.24) is 19.0 Å². The number of hydrogen-bond acceptors (Lipinski definition) is 4. The number of primary amides is 1. The molecule has 2 aromatic heterocycles. The summed E-state index contributed by atoms with van der Waals surface area (Å²) >= 11 is 0. The van der Waals surface area contributed by atoms with Gasteiger partial charge in [-0.05, 0) is 49.9 Å². The maximum Gasteiger partial charge on any atom is 0.261 e. The number of likely N-dealkylation sites (tertiary alicyclic amines) is 1. The van der Waals surface area contributed by atoms with Gasteiger partial charge in [-0.3, -0.25) is 9.59 Å². The van der Waals surface area contributed by atoms with Gasteiger partial charge in [-0.25, -0.2) is 4.98 Å². The number of hydrogen-bond donors (Lipinski definition) is 1. The number of piperidine rings is 1. The van der Waals surface area contributed by atoms with Gasteiger partial charge in [0.05, 0.1) is 17.0 Å². The SMILES string of the molecule is Cn1c(=O)c(-c2nccn2CCCN2CCCC(C(N)=O)C2)cc2ccccc21. The van der Waals surface area contributed by atoms with Gasteiger partial charge in [0.25, 0.3) is 5.56 Å². The first kappa shape index (κ1) is 19.4. The maximum absolute atomic E-state index is 12.9. The number of fused-ring (bicyclic) bond motifs is 1. The van der Waals surface area contributed by atoms with Crippen LogP contribution < -0.4 is 11.3 Å². The predicted octanol–water partition coefficient (Wildman–Crippen LogP) is 1.99. The Bertz CT molecular complexity index is 1080. The monoisotopic (exact) mass is 393 g/mol. The van der Waals surface area contributed by atoms with Crippen LogP contribution in [0.3, 0.4) is 0 Å². The topological polar surface area (TPSA) is 86.2 Å². The number of amides is 1. The van der Waals surface area contributed by atoms with E-state index in [9.17, 15) is 9.59 Å². The third-order valence-corrected chi connectivity index (χ3v) is 5.87. The summed E-state index contributed by atoms with van der Waals surface area (Å²) < 4.78 is 3.72. The number of carbonyl (C=O) groups is 1. The predicted molar refractivity (Wildman–Crippen MR) is 113 cm³/mol. The van der Waals surface area contributed by atoms with Crippen LogP contribution in [-0.4, -0.2) is 44.6 Å². The summed E-state index contributed by atoms with van der Waals surface area (Å²) in [7, 11) is 1.80. The molecule has 1 unspecified atom stereocenters. The van der Waals surface area contributed by atoms with E-state index in [4.69, 9.17) is 5.73 Å². The fourth-order valence-electron chi connectivity index (χ4n) is 4.27. The van der Waals surface area contributed by atoms with Crippen LogP contribution in [0.1, 0.15) is 19.3 Å². The van der Waals surface area contributed by atoms with Gasteiger partial charge in [0, 0.05) is 32.5 Å². The number of imidazole rings is 1. The van der Waals surface area contributed by atoms with E-state index in [0.29, 0.717) is 11.4 Å². The normalized spacial score (nSPS) is 17.6. The second kappa shape index (κ2) is 8.21. The van der Waals surface area contributed by atoms with E-state index in [1.165, 1.54) is 0 Å². The molecule has 29 heavy (non-hydrogen) atoms. The molecule has 0 bridgehead atoms. The molecule has 1 fully saturated rings. The molecule has 0 aliphatic carbocycles. The highest BCUT2D eigenvalue weighted by molar-refractivity contribution is 5.83. The van der Waals surface area contributed by atoms with Gasteiger partial charge >= 0.3 is 0 Å². The molecule has 2 N–H and O–H groups in total. The standard InChI is InChI=1S/C22H27N5O2/c1-25-19-8-3-2-6-16(19)14-18(22(25)29)21-24-9-13-27(21)12-5-11-26-10-4-7-17(15-26)20(23)28/h2-3,6,8-9,13-14,17H,4-5,7,10-12,15H2,1H3,(H2,23,28). The minimum absolute atomic E-state index is 0.0341. The van der Waals surface area contributed by atoms with Crippen molar-refractivity contribution in [2.24, 2.45) is 18.7 Å². The quantitative estimate of drug-likeness (QED) is 0.694. The highest BCUT2D eigenvalue weighted by atomic mass is 16.1. The summed E-state index contributed by atoms with van der Waals surface area (Å²) in [6.07, 6.45) is 6.49. The van der Waals surface area contributed by atoms with Crippen LogP contribution in [0.25, 0.3) is 22.3 Å². The van der Waals surface area contributed by atoms with E-state index in [1.54, 1.807) is 17.8 Å². The highest BCUT2D eigenvalue weighted by Crippen LogP contribution is 2.20. The Hall–Kier alpha value is -2.93. The first-order valence-corrected chi connectivity index (χ1v) is 10.2. The van der Waals surface area contributed by atoms with Crippen LogP contribution in [-0.2, 0) is 18.4 Å². The largest absolute Gasteiger partial charge is 0.369 e. The molecule has 4 rings (SSSR count). The second-order valence-electron chi connectivity index (χ2n) is 7.82. The molecule has 7 nitrogen and oxygen atoms in total. The number of rotatable bonds is 6. The Balaban J connectivity index is 1.50. The van der Waals surface area contributed by atoms with Crippen molar-refractivity contribution in [3.8, 4) is 11.4 Å². The summed E-state index contributed by atoms with van der Waals surface area (Å²) in [6, 6.07) is 9.80. The van der Waals surface area contributed by atoms with Crippen LogP contribution >= 0.6 is 0 Å². The van der Waals surface area contributed by atoms with Gasteiger partial charge in [-0.1, -0.05) is 18.2 Å². The molecule has 1 atom stereocenters. The molecular weight excluding hydrogens is 366 g/mol. The Morgan fingerprint density at radius 2 is 2.10 bits per heavy atom. The first-order chi connectivity index (χ1) is 14.0. The van der Waals surface area contributed by atoms with Crippen LogP contribution in [0, 0.1) is 5.92 Å². The van der Waals surface area contributed by atoms with Crippen molar-refractivity contribution in [2.45, 2.75) is 25.8 Å². The minimum atomic E-state index is -0.196. The van der Waals surface area contributed by atoms with Gasteiger partial charge < -0.3 is 19.8 Å². The molecule has 7 heteroatoms. The number of carbonyl (C=O) groups excluding carboxylic acids is 1. The lowest BCUT2D eigenvalue weighted by molar-refractivity contribution is -0.123. The molecule has 3 heterocycles. The molecule has 1 saturated heterocycles. The van der Waals surface area contributed by atoms with Gasteiger partial charge in [0.15, 0.2) is 0 Å². The molecular formula is C22H27N5O2. The number of aryl methyl sites for hydroxylation is 2. The van der Waals surface area contributed by atoms with Crippen molar-refractivity contribution in [3.63, 3.8) is 0 Å². The lowest BCUT2D eigenvalue weighted by Gasteiger charge is -2.31. The molecule has 3 aromatic rings. The van der Waals surface area contributed by atoms with Crippen molar-refractivity contribution in [1.29, 1.82) is 0 Å². The summed E-state index contributed by atoms with van der Waals surface area (Å²) in [5.41, 5.74) is 6.96. The average Bonchev–Trinajstić information content (AvgIpc) is 3.19. The number of aromatic nitrogens is 3. The average molecular weight is 393 g/mol. The molecule has 1 amide bonds. The third kappa shape index (κ3) is 3.96. The number of benzene rings is 1. The van der Waals surface area contributed by atoms with E-state index in [1.807, 2.05) is 41.1 Å². The highest BCUT2D eigenvalue weighted by Gasteiger charge is 2.23. The van der Waals surface area contributed by atoms with E-state index in [2.05, 4.69) is 9.88 Å². The summed E-state index contributed by atoms with van der Waals surface area (Å²) in [5, 5.41) is 1.02. The fraction of sp³-hybridized carbons (Fsp3) is 0.409. The Labute approximate surface area is 169 Å². The smallest absolute Gasteiger partial charge is 0.261 e. The first-order valence-electron chi connectivity index (χ1n) is 10.2. The van der Waals surface area contributed by atoms with E-state index >= 15 is 0 Å². The molecule has 1 aliphatic heterocycles. The molecule has 1 aliphatic rings. The summed E-state index contributed by atoms with van der Waals surface area (Å²) in [4.78, 5) is 31.2. The lowest BCUT2D eigenvalue weighted by Crippen LogP contribution is -2.41. The van der Waals surface area contributed by atoms with Crippen molar-refractivity contribution in [2.75, 3.05) is 19.6 Å². The third-order valence-electron chi connectivity index (χ3n) is 5.87. The number of pyridine rings is 1. The van der Waals surface area contributed by atoms with Crippen molar-refractivity contribution in [3.05, 3.63) is 53.1 Å². The summed E-state index contributed by atoms with van der Waals surface area (Å²) in [6.45, 7) is 3.42. The van der Waals surface area contributed by atoms with Crippen LogP contribution in [0.4, 0.5) is 0 Å². The maximum atomic E-state index is 12.9. The number of nitrogens with zero attached hydrogens (tertiary/aromatic N) is 4. The summed E-state index contributed by atoms with van der Waals surface area (Å²) in [5.74, 6) is 0.469. The zero-order valence-electron chi connectivity index (χ0n) is 16.8. The van der Waals surface area contributed by atoms with E-state index in [0.717, 1.165) is 56.3 Å². The molecule has 0 saturated carbocycles. The number of para-hydroxylation sites is 1. The molecule has 1 aromatic carbocycles. The molecule has 0 radical (unpaired) electrons. The number of nitrogens with two attached hydrogens (primary N) is 1. The van der Waals surface area contributed by atoms with E-state index in [-0.39, 0.29) is 17.4 Å². The fourth-order valence-corrected chi connectivity index (χ4v) is 4.27. The molecule has 0 spiro atoms. The Morgan fingerprint density at radius 1 is 1.28 bits per heavy atom. The van der Waals surface area contributed by atoms with Crippen LogP contribution in [0.15, 0.2) is 47.5 Å². The Kier molecular flexibility index (Phi) is 5.49. The Morgan fingerprint density at radius 3 is 2.93 bits per heavy atom. The van der Waals surface area contributed by atoms with Crippen molar-refractivity contribution < 1.29 is 4.79 Å². The lowest BCUT2D eigenvalue weighted by atomic mass is 9.97. The van der Waals surface area contributed by atoms with Gasteiger partial charge in [0.1, 0.15) is 5.82 Å². The van der Waals surface area contributed by atoms with Gasteiger partial charge in [-0.2, -0.15) is 0 Å². The zero-order chi connectivity index (χ0) is 20.4. The molecule has 152 valence electrons. The van der Waals surface area contributed by atoms with Crippen LogP contribution in [0.2, 0.25) is 0 Å². The minimum Gasteiger partial charge on any atom is -0.369 e. The van der Waals surface area contributed by atoms with Crippen LogP contribution in [0.5, 0.6) is 0 Å². The van der Waals surface area contributed by atoms with Gasteiger partial charge in [-0.15, -0.1) is 0 Å². The van der Waals surface area contributed by atoms with Gasteiger partial charge in [0.2, 0.25) is 5.91 Å². The van der Waals surface area contributed by atoms with E-state index < -0.39 is 0 Å². The second-order valence-corrected chi connectivity index (χ2v) is 7.82. The van der Waals surface area contributed by atoms with Crippen molar-refractivity contribution >= 4 is 16.8 Å².